The van der Waals surface area contributed by atoms with E-state index in [-0.39, 0.29) is 5.82 Å². The molecule has 2 atom stereocenters. The molecular formula is C28H41F. The van der Waals surface area contributed by atoms with Gasteiger partial charge in [0.2, 0.25) is 0 Å². The van der Waals surface area contributed by atoms with Crippen LogP contribution in [0.15, 0.2) is 36.4 Å². The van der Waals surface area contributed by atoms with Gasteiger partial charge >= 0.3 is 0 Å². The van der Waals surface area contributed by atoms with Crippen molar-refractivity contribution in [2.75, 3.05) is 0 Å². The minimum absolute atomic E-state index is 0.0655. The summed E-state index contributed by atoms with van der Waals surface area (Å²) < 4.78 is 14.4. The Morgan fingerprint density at radius 1 is 0.793 bits per heavy atom. The van der Waals surface area contributed by atoms with Crippen molar-refractivity contribution >= 4 is 0 Å². The third-order valence-electron chi connectivity index (χ3n) is 6.51. The molecule has 0 aromatic heterocycles. The molecule has 0 bridgehead atoms. The van der Waals surface area contributed by atoms with Crippen molar-refractivity contribution in [2.24, 2.45) is 5.92 Å². The quantitative estimate of drug-likeness (QED) is 0.336. The number of aryl methyl sites for hydroxylation is 1. The molecular weight excluding hydrogens is 355 g/mol. The molecule has 2 rings (SSSR count). The first kappa shape index (κ1) is 23.6. The first-order valence-corrected chi connectivity index (χ1v) is 11.9. The molecule has 0 aliphatic heterocycles. The zero-order valence-electron chi connectivity index (χ0n) is 19.4. The zero-order chi connectivity index (χ0) is 21.2. The molecule has 0 saturated heterocycles. The van der Waals surface area contributed by atoms with Gasteiger partial charge in [0, 0.05) is 5.92 Å². The molecule has 160 valence electrons. The maximum Gasteiger partial charge on any atom is 0.126 e. The summed E-state index contributed by atoms with van der Waals surface area (Å²) in [6.07, 6.45) is 10.6. The fraction of sp³-hybridized carbons (Fsp3) is 0.571. The molecule has 0 spiro atoms. The predicted molar refractivity (Wildman–Crippen MR) is 125 cm³/mol. The van der Waals surface area contributed by atoms with Gasteiger partial charge in [-0.1, -0.05) is 83.7 Å². The zero-order valence-corrected chi connectivity index (χ0v) is 19.4. The fourth-order valence-electron chi connectivity index (χ4n) is 4.93. The average molecular weight is 397 g/mol. The smallest absolute Gasteiger partial charge is 0.126 e. The molecule has 2 aromatic rings. The van der Waals surface area contributed by atoms with Gasteiger partial charge in [-0.15, -0.1) is 0 Å². The Morgan fingerprint density at radius 2 is 1.52 bits per heavy atom. The van der Waals surface area contributed by atoms with Crippen molar-refractivity contribution in [1.29, 1.82) is 0 Å². The highest BCUT2D eigenvalue weighted by atomic mass is 19.1. The highest BCUT2D eigenvalue weighted by molar-refractivity contribution is 5.45. The van der Waals surface area contributed by atoms with Gasteiger partial charge in [-0.2, -0.15) is 0 Å². The van der Waals surface area contributed by atoms with Gasteiger partial charge in [0.25, 0.3) is 0 Å². The van der Waals surface area contributed by atoms with E-state index in [1.165, 1.54) is 67.2 Å². The molecule has 0 aliphatic carbocycles. The van der Waals surface area contributed by atoms with Crippen LogP contribution < -0.4 is 0 Å². The van der Waals surface area contributed by atoms with Gasteiger partial charge in [0.15, 0.2) is 0 Å². The third kappa shape index (κ3) is 5.93. The van der Waals surface area contributed by atoms with E-state index in [2.05, 4.69) is 58.0 Å². The maximum atomic E-state index is 14.4. The largest absolute Gasteiger partial charge is 0.207 e. The van der Waals surface area contributed by atoms with Gasteiger partial charge in [-0.25, -0.2) is 4.39 Å². The minimum atomic E-state index is -0.0655. The van der Waals surface area contributed by atoms with E-state index in [0.717, 1.165) is 18.4 Å². The minimum Gasteiger partial charge on any atom is -0.207 e. The summed E-state index contributed by atoms with van der Waals surface area (Å²) in [5, 5.41) is 0. The highest BCUT2D eigenvalue weighted by Crippen LogP contribution is 2.42. The number of halogens is 1. The Labute approximate surface area is 178 Å². The van der Waals surface area contributed by atoms with Crippen LogP contribution in [0.5, 0.6) is 0 Å². The van der Waals surface area contributed by atoms with Crippen LogP contribution in [-0.2, 0) is 12.8 Å². The molecule has 0 radical (unpaired) electrons. The van der Waals surface area contributed by atoms with Gasteiger partial charge in [0.1, 0.15) is 5.82 Å². The number of unbranched alkanes of at least 4 members (excludes halogenated alkanes) is 2. The first-order valence-electron chi connectivity index (χ1n) is 11.9. The van der Waals surface area contributed by atoms with Crippen LogP contribution in [0.3, 0.4) is 0 Å². The van der Waals surface area contributed by atoms with Crippen LogP contribution in [-0.4, -0.2) is 0 Å². The van der Waals surface area contributed by atoms with Crippen LogP contribution >= 0.6 is 0 Å². The van der Waals surface area contributed by atoms with Crippen LogP contribution in [0, 0.1) is 18.7 Å². The summed E-state index contributed by atoms with van der Waals surface area (Å²) in [7, 11) is 0. The second-order valence-corrected chi connectivity index (χ2v) is 8.56. The summed E-state index contributed by atoms with van der Waals surface area (Å²) in [5.41, 5.74) is 6.40. The van der Waals surface area contributed by atoms with Crippen molar-refractivity contribution in [2.45, 2.75) is 98.3 Å². The van der Waals surface area contributed by atoms with Gasteiger partial charge in [-0.3, -0.25) is 0 Å². The Balaban J connectivity index is 2.66. The van der Waals surface area contributed by atoms with Crippen LogP contribution in [0.25, 0.3) is 0 Å². The van der Waals surface area contributed by atoms with E-state index >= 15 is 0 Å². The molecule has 0 amide bonds. The Morgan fingerprint density at radius 3 is 2.17 bits per heavy atom. The molecule has 1 heteroatoms. The van der Waals surface area contributed by atoms with E-state index in [4.69, 9.17) is 0 Å². The standard InChI is InChI=1S/C28H41F/c1-6-10-15-22-17-12-13-18-25(22)28(23(14-8-3)16-11-7-2)26-19-20-27(29)21(5)24(26)9-4/h12-13,17-20,23,28H,6-11,14-16H2,1-5H3/t23-,28?/m1/s1. The lowest BCUT2D eigenvalue weighted by atomic mass is 9.72. The molecule has 1 unspecified atom stereocenters. The van der Waals surface area contributed by atoms with Crippen molar-refractivity contribution in [3.63, 3.8) is 0 Å². The fourth-order valence-corrected chi connectivity index (χ4v) is 4.93. The van der Waals surface area contributed by atoms with E-state index in [1.807, 2.05) is 6.92 Å². The maximum absolute atomic E-state index is 14.4. The number of rotatable bonds is 12. The van der Waals surface area contributed by atoms with Crippen molar-refractivity contribution < 1.29 is 4.39 Å². The van der Waals surface area contributed by atoms with E-state index in [0.29, 0.717) is 11.8 Å². The SMILES string of the molecule is CCCCc1ccccc1C(c1ccc(F)c(C)c1CC)[C@H](CCC)CCCC. The average Bonchev–Trinajstić information content (AvgIpc) is 2.74. The lowest BCUT2D eigenvalue weighted by Crippen LogP contribution is -2.19. The van der Waals surface area contributed by atoms with Crippen LogP contribution in [0.2, 0.25) is 0 Å². The molecule has 0 aliphatic rings. The monoisotopic (exact) mass is 396 g/mol. The Kier molecular flexibility index (Phi) is 9.91. The lowest BCUT2D eigenvalue weighted by molar-refractivity contribution is 0.384. The molecule has 0 fully saturated rings. The molecule has 2 aromatic carbocycles. The Hall–Kier alpha value is -1.63. The lowest BCUT2D eigenvalue weighted by Gasteiger charge is -2.32. The van der Waals surface area contributed by atoms with Crippen molar-refractivity contribution in [3.8, 4) is 0 Å². The summed E-state index contributed by atoms with van der Waals surface area (Å²) >= 11 is 0. The van der Waals surface area contributed by atoms with Crippen LogP contribution in [0.1, 0.15) is 106 Å². The van der Waals surface area contributed by atoms with Crippen molar-refractivity contribution in [3.05, 3.63) is 70.0 Å². The van der Waals surface area contributed by atoms with E-state index < -0.39 is 0 Å². The van der Waals surface area contributed by atoms with Gasteiger partial charge < -0.3 is 0 Å². The molecule has 0 nitrogen and oxygen atoms in total. The van der Waals surface area contributed by atoms with E-state index in [1.54, 1.807) is 6.07 Å². The normalized spacial score (nSPS) is 13.4. The summed E-state index contributed by atoms with van der Waals surface area (Å²) in [5.74, 6) is 0.908. The first-order chi connectivity index (χ1) is 14.1. The highest BCUT2D eigenvalue weighted by Gasteiger charge is 2.28. The summed E-state index contributed by atoms with van der Waals surface area (Å²) in [4.78, 5) is 0. The van der Waals surface area contributed by atoms with Gasteiger partial charge in [-0.05, 0) is 78.8 Å². The molecule has 0 heterocycles. The number of hydrogen-bond acceptors (Lipinski definition) is 0. The number of hydrogen-bond donors (Lipinski definition) is 0. The second-order valence-electron chi connectivity index (χ2n) is 8.56. The molecule has 0 N–H and O–H groups in total. The predicted octanol–water partition coefficient (Wildman–Crippen LogP) is 8.78. The van der Waals surface area contributed by atoms with Crippen LogP contribution in [0.4, 0.5) is 4.39 Å². The van der Waals surface area contributed by atoms with Crippen molar-refractivity contribution in [1.82, 2.24) is 0 Å². The van der Waals surface area contributed by atoms with E-state index in [9.17, 15) is 4.39 Å². The second kappa shape index (κ2) is 12.2. The Bertz CT molecular complexity index is 746. The molecule has 0 saturated carbocycles. The van der Waals surface area contributed by atoms with Gasteiger partial charge in [0.05, 0.1) is 0 Å². The topological polar surface area (TPSA) is 0 Å². The molecule has 29 heavy (non-hydrogen) atoms. The summed E-state index contributed by atoms with van der Waals surface area (Å²) in [6.45, 7) is 11.0. The summed E-state index contributed by atoms with van der Waals surface area (Å²) in [6, 6.07) is 12.8. The number of benzene rings is 2. The third-order valence-corrected chi connectivity index (χ3v) is 6.51.